The van der Waals surface area contributed by atoms with Crippen LogP contribution in [0.5, 0.6) is 0 Å². The first-order valence-electron chi connectivity index (χ1n) is 9.36. The van der Waals surface area contributed by atoms with E-state index in [1.807, 2.05) is 23.6 Å². The molecule has 6 heteroatoms. The fourth-order valence-corrected chi connectivity index (χ4v) is 3.51. The lowest BCUT2D eigenvalue weighted by molar-refractivity contribution is 0.371. The summed E-state index contributed by atoms with van der Waals surface area (Å²) in [5.74, 6) is -0.523. The van der Waals surface area contributed by atoms with Gasteiger partial charge in [-0.05, 0) is 48.9 Å². The molecule has 0 radical (unpaired) electrons. The van der Waals surface area contributed by atoms with Crippen molar-refractivity contribution >= 4 is 5.65 Å². The predicted octanol–water partition coefficient (Wildman–Crippen LogP) is 5.73. The first-order valence-corrected chi connectivity index (χ1v) is 9.36. The topological polar surface area (TPSA) is 30.2 Å². The molecule has 0 spiro atoms. The van der Waals surface area contributed by atoms with E-state index in [1.54, 1.807) is 0 Å². The van der Waals surface area contributed by atoms with Gasteiger partial charge in [0.2, 0.25) is 0 Å². The minimum absolute atomic E-state index is 0.154. The van der Waals surface area contributed by atoms with Crippen LogP contribution in [0.1, 0.15) is 68.2 Å². The van der Waals surface area contributed by atoms with Crippen LogP contribution in [0.25, 0.3) is 5.65 Å². The van der Waals surface area contributed by atoms with Crippen LogP contribution in [0.2, 0.25) is 0 Å². The Labute approximate surface area is 157 Å². The standard InChI is InChI=1S/C21H24F3N3/c1-4-5-6-19-25-26-21-20(14(3)22)17(9-10-27(19)21)13(2)11-15-7-8-16(23)12-18(15)24/h7-10,12-14H,4-6,11H2,1-3H3. The summed E-state index contributed by atoms with van der Waals surface area (Å²) in [4.78, 5) is 0. The van der Waals surface area contributed by atoms with Gasteiger partial charge in [-0.15, -0.1) is 10.2 Å². The molecule has 3 nitrogen and oxygen atoms in total. The van der Waals surface area contributed by atoms with Crippen molar-refractivity contribution in [1.29, 1.82) is 0 Å². The van der Waals surface area contributed by atoms with Crippen LogP contribution < -0.4 is 0 Å². The van der Waals surface area contributed by atoms with Gasteiger partial charge in [-0.1, -0.05) is 26.3 Å². The summed E-state index contributed by atoms with van der Waals surface area (Å²) in [7, 11) is 0. The molecule has 0 saturated heterocycles. The lowest BCUT2D eigenvalue weighted by Crippen LogP contribution is -2.08. The Morgan fingerprint density at radius 2 is 1.89 bits per heavy atom. The molecule has 0 aliphatic carbocycles. The van der Waals surface area contributed by atoms with Crippen molar-refractivity contribution < 1.29 is 13.2 Å². The lowest BCUT2D eigenvalue weighted by Gasteiger charge is -2.18. The lowest BCUT2D eigenvalue weighted by atomic mass is 9.89. The maximum absolute atomic E-state index is 14.5. The third kappa shape index (κ3) is 3.99. The number of alkyl halides is 1. The quantitative estimate of drug-likeness (QED) is 0.528. The molecule has 1 aromatic carbocycles. The van der Waals surface area contributed by atoms with Gasteiger partial charge < -0.3 is 0 Å². The van der Waals surface area contributed by atoms with Gasteiger partial charge in [0.25, 0.3) is 0 Å². The van der Waals surface area contributed by atoms with Crippen LogP contribution >= 0.6 is 0 Å². The first-order chi connectivity index (χ1) is 12.9. The van der Waals surface area contributed by atoms with Crippen LogP contribution in [0.4, 0.5) is 13.2 Å². The average molecular weight is 375 g/mol. The van der Waals surface area contributed by atoms with Crippen molar-refractivity contribution in [2.24, 2.45) is 0 Å². The highest BCUT2D eigenvalue weighted by Gasteiger charge is 2.22. The van der Waals surface area contributed by atoms with Crippen LogP contribution in [0.3, 0.4) is 0 Å². The molecular formula is C21H24F3N3. The van der Waals surface area contributed by atoms with E-state index >= 15 is 0 Å². The smallest absolute Gasteiger partial charge is 0.167 e. The Kier molecular flexibility index (Phi) is 5.82. The number of aromatic nitrogens is 3. The molecule has 0 aliphatic heterocycles. The number of hydrogen-bond donors (Lipinski definition) is 0. The molecule has 144 valence electrons. The third-order valence-corrected chi connectivity index (χ3v) is 4.95. The molecule has 2 heterocycles. The zero-order valence-corrected chi connectivity index (χ0v) is 15.8. The van der Waals surface area contributed by atoms with Crippen LogP contribution in [0.15, 0.2) is 30.5 Å². The van der Waals surface area contributed by atoms with Crippen molar-refractivity contribution in [3.05, 3.63) is 64.6 Å². The highest BCUT2D eigenvalue weighted by molar-refractivity contribution is 5.54. The van der Waals surface area contributed by atoms with E-state index in [-0.39, 0.29) is 5.92 Å². The highest BCUT2D eigenvalue weighted by atomic mass is 19.1. The van der Waals surface area contributed by atoms with E-state index in [4.69, 9.17) is 0 Å². The van der Waals surface area contributed by atoms with Crippen molar-refractivity contribution in [2.75, 3.05) is 0 Å². The zero-order valence-electron chi connectivity index (χ0n) is 15.8. The molecule has 3 aromatic rings. The SMILES string of the molecule is CCCCc1nnc2c(C(C)F)c(C(C)Cc3ccc(F)cc3F)ccn12. The van der Waals surface area contributed by atoms with Crippen molar-refractivity contribution in [3.63, 3.8) is 0 Å². The number of benzene rings is 1. The minimum atomic E-state index is -1.23. The second kappa shape index (κ2) is 8.11. The zero-order chi connectivity index (χ0) is 19.6. The van der Waals surface area contributed by atoms with E-state index < -0.39 is 17.8 Å². The number of aryl methyl sites for hydroxylation is 1. The van der Waals surface area contributed by atoms with E-state index in [9.17, 15) is 13.2 Å². The van der Waals surface area contributed by atoms with Gasteiger partial charge in [0.15, 0.2) is 5.65 Å². The molecule has 2 aromatic heterocycles. The molecule has 0 fully saturated rings. The predicted molar refractivity (Wildman–Crippen MR) is 99.6 cm³/mol. The van der Waals surface area contributed by atoms with Crippen molar-refractivity contribution in [1.82, 2.24) is 14.6 Å². The molecule has 2 unspecified atom stereocenters. The summed E-state index contributed by atoms with van der Waals surface area (Å²) in [5, 5.41) is 8.45. The van der Waals surface area contributed by atoms with Crippen molar-refractivity contribution in [2.45, 2.75) is 58.5 Å². The second-order valence-corrected chi connectivity index (χ2v) is 7.06. The van der Waals surface area contributed by atoms with Gasteiger partial charge in [0, 0.05) is 24.2 Å². The summed E-state index contributed by atoms with van der Waals surface area (Å²) in [6.07, 6.45) is 3.79. The fourth-order valence-electron chi connectivity index (χ4n) is 3.51. The van der Waals surface area contributed by atoms with Gasteiger partial charge in [-0.3, -0.25) is 4.40 Å². The molecule has 0 amide bonds. The number of unbranched alkanes of at least 4 members (excludes halogenated alkanes) is 1. The number of fused-ring (bicyclic) bond motifs is 1. The maximum atomic E-state index is 14.5. The number of halogens is 3. The Morgan fingerprint density at radius 1 is 1.11 bits per heavy atom. The second-order valence-electron chi connectivity index (χ2n) is 7.06. The number of nitrogens with zero attached hydrogens (tertiary/aromatic N) is 3. The molecule has 27 heavy (non-hydrogen) atoms. The number of hydrogen-bond acceptors (Lipinski definition) is 2. The van der Waals surface area contributed by atoms with E-state index in [2.05, 4.69) is 17.1 Å². The van der Waals surface area contributed by atoms with Gasteiger partial charge in [-0.2, -0.15) is 0 Å². The van der Waals surface area contributed by atoms with Gasteiger partial charge in [0.05, 0.1) is 0 Å². The molecule has 0 N–H and O–H groups in total. The Bertz CT molecular complexity index is 934. The Morgan fingerprint density at radius 3 is 2.56 bits per heavy atom. The van der Waals surface area contributed by atoms with Crippen LogP contribution in [-0.2, 0) is 12.8 Å². The summed E-state index contributed by atoms with van der Waals surface area (Å²) in [5.41, 5.74) is 2.19. The average Bonchev–Trinajstić information content (AvgIpc) is 3.04. The fraction of sp³-hybridized carbons (Fsp3) is 0.429. The molecular weight excluding hydrogens is 351 g/mol. The van der Waals surface area contributed by atoms with Gasteiger partial charge in [-0.25, -0.2) is 13.2 Å². The van der Waals surface area contributed by atoms with Crippen LogP contribution in [0, 0.1) is 11.6 Å². The summed E-state index contributed by atoms with van der Waals surface area (Å²) < 4.78 is 43.5. The third-order valence-electron chi connectivity index (χ3n) is 4.95. The Balaban J connectivity index is 1.98. The highest BCUT2D eigenvalue weighted by Crippen LogP contribution is 2.33. The molecule has 2 atom stereocenters. The van der Waals surface area contributed by atoms with Crippen molar-refractivity contribution in [3.8, 4) is 0 Å². The van der Waals surface area contributed by atoms with Gasteiger partial charge >= 0.3 is 0 Å². The molecule has 0 saturated carbocycles. The van der Waals surface area contributed by atoms with Gasteiger partial charge in [0.1, 0.15) is 23.6 Å². The van der Waals surface area contributed by atoms with E-state index in [0.29, 0.717) is 23.2 Å². The number of rotatable bonds is 7. The Hall–Kier alpha value is -2.37. The first kappa shape index (κ1) is 19.4. The molecule has 0 aliphatic rings. The largest absolute Gasteiger partial charge is 0.286 e. The monoisotopic (exact) mass is 375 g/mol. The number of pyridine rings is 1. The molecule has 0 bridgehead atoms. The summed E-state index contributed by atoms with van der Waals surface area (Å²) in [6.45, 7) is 5.49. The van der Waals surface area contributed by atoms with E-state index in [1.165, 1.54) is 19.1 Å². The van der Waals surface area contributed by atoms with Crippen LogP contribution in [-0.4, -0.2) is 14.6 Å². The summed E-state index contributed by atoms with van der Waals surface area (Å²) in [6, 6.07) is 5.43. The summed E-state index contributed by atoms with van der Waals surface area (Å²) >= 11 is 0. The maximum Gasteiger partial charge on any atom is 0.167 e. The van der Waals surface area contributed by atoms with E-state index in [0.717, 1.165) is 36.7 Å². The molecule has 3 rings (SSSR count). The minimum Gasteiger partial charge on any atom is -0.286 e. The normalized spacial score (nSPS) is 13.9.